The third-order valence-electron chi connectivity index (χ3n) is 4.02. The van der Waals surface area contributed by atoms with Crippen LogP contribution >= 0.6 is 28.3 Å². The Morgan fingerprint density at radius 2 is 2.26 bits per heavy atom. The molecular weight excluding hydrogens is 380 g/mol. The van der Waals surface area contributed by atoms with Crippen molar-refractivity contribution in [2.24, 2.45) is 0 Å². The van der Waals surface area contributed by atoms with Crippen LogP contribution < -0.4 is 5.32 Å². The van der Waals surface area contributed by atoms with Crippen LogP contribution in [0.2, 0.25) is 0 Å². The number of likely N-dealkylation sites (N-methyl/N-ethyl adjacent to an activating group) is 1. The molecule has 0 radical (unpaired) electrons. The molecule has 0 aliphatic carbocycles. The summed E-state index contributed by atoms with van der Waals surface area (Å²) in [5.41, 5.74) is 1.57. The van der Waals surface area contributed by atoms with Crippen molar-refractivity contribution in [1.82, 2.24) is 20.0 Å². The number of hydrogen-bond donors (Lipinski definition) is 1. The van der Waals surface area contributed by atoms with Gasteiger partial charge in [-0.1, -0.05) is 22.0 Å². The predicted octanol–water partition coefficient (Wildman–Crippen LogP) is 2.88. The Morgan fingerprint density at radius 1 is 1.43 bits per heavy atom. The molecule has 124 valence electrons. The van der Waals surface area contributed by atoms with Crippen LogP contribution in [0.4, 0.5) is 0 Å². The van der Waals surface area contributed by atoms with Crippen molar-refractivity contribution in [3.8, 4) is 5.69 Å². The lowest BCUT2D eigenvalue weighted by Gasteiger charge is -2.32. The summed E-state index contributed by atoms with van der Waals surface area (Å²) in [6.45, 7) is 1.58. The van der Waals surface area contributed by atoms with Crippen LogP contribution in [-0.4, -0.2) is 46.8 Å². The Balaban J connectivity index is 0.00000192. The first-order valence-electron chi connectivity index (χ1n) is 7.44. The van der Waals surface area contributed by atoms with Gasteiger partial charge in [0.25, 0.3) is 5.91 Å². The van der Waals surface area contributed by atoms with Gasteiger partial charge in [0.1, 0.15) is 0 Å². The van der Waals surface area contributed by atoms with Gasteiger partial charge in [-0.3, -0.25) is 4.79 Å². The summed E-state index contributed by atoms with van der Waals surface area (Å²) < 4.78 is 2.72. The molecule has 5 nitrogen and oxygen atoms in total. The number of amides is 1. The summed E-state index contributed by atoms with van der Waals surface area (Å²) in [5.74, 6) is 0.0567. The maximum absolute atomic E-state index is 12.6. The quantitative estimate of drug-likeness (QED) is 0.863. The number of likely N-dealkylation sites (tertiary alicyclic amines) is 1. The zero-order valence-corrected chi connectivity index (χ0v) is 15.3. The van der Waals surface area contributed by atoms with Gasteiger partial charge in [-0.15, -0.1) is 12.4 Å². The first-order valence-corrected chi connectivity index (χ1v) is 8.24. The molecule has 0 saturated carbocycles. The molecule has 2 heterocycles. The summed E-state index contributed by atoms with van der Waals surface area (Å²) in [7, 11) is 1.95. The van der Waals surface area contributed by atoms with Crippen molar-refractivity contribution in [2.45, 2.75) is 18.9 Å². The Morgan fingerprint density at radius 3 is 3.00 bits per heavy atom. The van der Waals surface area contributed by atoms with Crippen molar-refractivity contribution >= 4 is 34.2 Å². The molecule has 1 aromatic heterocycles. The van der Waals surface area contributed by atoms with Crippen molar-refractivity contribution in [1.29, 1.82) is 0 Å². The zero-order chi connectivity index (χ0) is 15.5. The lowest BCUT2D eigenvalue weighted by molar-refractivity contribution is 0.0698. The number of aromatic nitrogens is 2. The second-order valence-corrected chi connectivity index (χ2v) is 6.45. The maximum atomic E-state index is 12.6. The second-order valence-electron chi connectivity index (χ2n) is 5.53. The average Bonchev–Trinajstić information content (AvgIpc) is 3.04. The number of nitrogens with one attached hydrogen (secondary N) is 1. The van der Waals surface area contributed by atoms with E-state index in [1.807, 2.05) is 36.2 Å². The van der Waals surface area contributed by atoms with E-state index < -0.39 is 0 Å². The Labute approximate surface area is 150 Å². The second kappa shape index (κ2) is 7.95. The van der Waals surface area contributed by atoms with Crippen molar-refractivity contribution in [2.75, 3.05) is 20.1 Å². The first-order chi connectivity index (χ1) is 10.7. The average molecular weight is 400 g/mol. The lowest BCUT2D eigenvalue weighted by Crippen LogP contribution is -2.46. The zero-order valence-electron chi connectivity index (χ0n) is 12.9. The van der Waals surface area contributed by atoms with Crippen molar-refractivity contribution in [3.63, 3.8) is 0 Å². The van der Waals surface area contributed by atoms with E-state index in [2.05, 4.69) is 26.3 Å². The summed E-state index contributed by atoms with van der Waals surface area (Å²) >= 11 is 3.45. The fraction of sp³-hybridized carbons (Fsp3) is 0.375. The van der Waals surface area contributed by atoms with Gasteiger partial charge < -0.3 is 10.2 Å². The molecule has 0 spiro atoms. The number of nitrogens with zero attached hydrogens (tertiary/aromatic N) is 3. The normalized spacial score (nSPS) is 17.7. The number of halogens is 2. The minimum atomic E-state index is 0. The summed E-state index contributed by atoms with van der Waals surface area (Å²) in [6.07, 6.45) is 5.61. The van der Waals surface area contributed by atoms with Crippen LogP contribution in [0.5, 0.6) is 0 Å². The molecule has 2 aromatic rings. The third-order valence-corrected chi connectivity index (χ3v) is 4.51. The van der Waals surface area contributed by atoms with Crippen LogP contribution in [0, 0.1) is 0 Å². The molecule has 7 heteroatoms. The topological polar surface area (TPSA) is 50.2 Å². The number of carbonyl (C=O) groups excluding carboxylic acids is 1. The van der Waals surface area contributed by atoms with Crippen molar-refractivity contribution in [3.05, 3.63) is 46.7 Å². The van der Waals surface area contributed by atoms with Crippen LogP contribution in [0.25, 0.3) is 5.69 Å². The van der Waals surface area contributed by atoms with E-state index in [1.165, 1.54) is 0 Å². The monoisotopic (exact) mass is 398 g/mol. The maximum Gasteiger partial charge on any atom is 0.257 e. The minimum Gasteiger partial charge on any atom is -0.337 e. The van der Waals surface area contributed by atoms with Gasteiger partial charge in [0.05, 0.1) is 17.4 Å². The fourth-order valence-electron chi connectivity index (χ4n) is 2.77. The largest absolute Gasteiger partial charge is 0.337 e. The number of benzene rings is 1. The highest BCUT2D eigenvalue weighted by Crippen LogP contribution is 2.17. The van der Waals surface area contributed by atoms with E-state index in [1.54, 1.807) is 17.1 Å². The minimum absolute atomic E-state index is 0. The van der Waals surface area contributed by atoms with Gasteiger partial charge >= 0.3 is 0 Å². The van der Waals surface area contributed by atoms with Gasteiger partial charge in [0.2, 0.25) is 0 Å². The van der Waals surface area contributed by atoms with Gasteiger partial charge in [0, 0.05) is 29.8 Å². The standard InChI is InChI=1S/C16H19BrN4O.ClH/c1-18-14-5-3-7-20(11-14)16(22)12-9-19-21(10-12)15-6-2-4-13(17)8-15;/h2,4,6,8-10,14,18H,3,5,7,11H2,1H3;1H. The molecule has 1 atom stereocenters. The number of rotatable bonds is 3. The van der Waals surface area contributed by atoms with Crippen LogP contribution in [0.1, 0.15) is 23.2 Å². The van der Waals surface area contributed by atoms with E-state index >= 15 is 0 Å². The van der Waals surface area contributed by atoms with Gasteiger partial charge in [-0.2, -0.15) is 5.10 Å². The van der Waals surface area contributed by atoms with E-state index in [-0.39, 0.29) is 18.3 Å². The van der Waals surface area contributed by atoms with E-state index in [9.17, 15) is 4.79 Å². The smallest absolute Gasteiger partial charge is 0.257 e. The number of hydrogen-bond acceptors (Lipinski definition) is 3. The van der Waals surface area contributed by atoms with Crippen LogP contribution in [-0.2, 0) is 0 Å². The Kier molecular flexibility index (Phi) is 6.21. The molecule has 3 rings (SSSR count). The van der Waals surface area contributed by atoms with E-state index in [0.29, 0.717) is 11.6 Å². The van der Waals surface area contributed by atoms with Gasteiger partial charge in [0.15, 0.2) is 0 Å². The SMILES string of the molecule is CNC1CCCN(C(=O)c2cnn(-c3cccc(Br)c3)c2)C1.Cl. The highest BCUT2D eigenvalue weighted by atomic mass is 79.9. The highest BCUT2D eigenvalue weighted by Gasteiger charge is 2.24. The number of carbonyl (C=O) groups is 1. The third kappa shape index (κ3) is 4.13. The predicted molar refractivity (Wildman–Crippen MR) is 96.5 cm³/mol. The van der Waals surface area contributed by atoms with Crippen LogP contribution in [0.15, 0.2) is 41.1 Å². The lowest BCUT2D eigenvalue weighted by atomic mass is 10.1. The fourth-order valence-corrected chi connectivity index (χ4v) is 3.16. The molecule has 1 fully saturated rings. The molecule has 1 aliphatic rings. The molecule has 1 amide bonds. The van der Waals surface area contributed by atoms with Crippen molar-refractivity contribution < 1.29 is 4.79 Å². The molecule has 1 aromatic carbocycles. The molecule has 0 bridgehead atoms. The molecule has 1 aliphatic heterocycles. The van der Waals surface area contributed by atoms with Crippen LogP contribution in [0.3, 0.4) is 0 Å². The first kappa shape index (κ1) is 18.0. The summed E-state index contributed by atoms with van der Waals surface area (Å²) in [5, 5.41) is 7.57. The molecule has 23 heavy (non-hydrogen) atoms. The van der Waals surface area contributed by atoms with Gasteiger partial charge in [-0.05, 0) is 38.1 Å². The summed E-state index contributed by atoms with van der Waals surface area (Å²) in [4.78, 5) is 14.5. The molecule has 1 saturated heterocycles. The van der Waals surface area contributed by atoms with Gasteiger partial charge in [-0.25, -0.2) is 4.68 Å². The molecular formula is C16H20BrClN4O. The summed E-state index contributed by atoms with van der Waals surface area (Å²) in [6, 6.07) is 8.23. The highest BCUT2D eigenvalue weighted by molar-refractivity contribution is 9.10. The Bertz CT molecular complexity index is 676. The molecule has 1 unspecified atom stereocenters. The van der Waals surface area contributed by atoms with E-state index in [0.717, 1.165) is 36.1 Å². The van der Waals surface area contributed by atoms with E-state index in [4.69, 9.17) is 0 Å². The Hall–Kier alpha value is -1.37. The number of piperidine rings is 1. The molecule has 1 N–H and O–H groups in total.